The summed E-state index contributed by atoms with van der Waals surface area (Å²) in [5, 5.41) is 7.85. The molecule has 2 aromatic rings. The van der Waals surface area contributed by atoms with Crippen molar-refractivity contribution in [2.45, 2.75) is 13.1 Å². The Morgan fingerprint density at radius 1 is 1.36 bits per heavy atom. The SMILES string of the molecule is COc1cc(CNCc2ccsc2)cc(Cl)c1OCC(N)=O. The van der Waals surface area contributed by atoms with Crippen molar-refractivity contribution < 1.29 is 14.3 Å². The molecular formula is C15H17ClN2O3S. The number of halogens is 1. The zero-order chi connectivity index (χ0) is 15.9. The third kappa shape index (κ3) is 4.62. The van der Waals surface area contributed by atoms with E-state index < -0.39 is 5.91 Å². The largest absolute Gasteiger partial charge is 0.493 e. The number of nitrogens with one attached hydrogen (secondary N) is 1. The van der Waals surface area contributed by atoms with Crippen molar-refractivity contribution in [1.82, 2.24) is 5.32 Å². The van der Waals surface area contributed by atoms with Crippen LogP contribution in [0.1, 0.15) is 11.1 Å². The molecule has 1 aromatic carbocycles. The molecule has 0 saturated heterocycles. The Hall–Kier alpha value is -1.76. The molecule has 0 radical (unpaired) electrons. The minimum absolute atomic E-state index is 0.244. The second kappa shape index (κ2) is 8.03. The number of ether oxygens (including phenoxy) is 2. The Morgan fingerprint density at radius 3 is 2.77 bits per heavy atom. The molecule has 1 amide bonds. The summed E-state index contributed by atoms with van der Waals surface area (Å²) in [7, 11) is 1.52. The molecule has 0 aliphatic rings. The zero-order valence-corrected chi connectivity index (χ0v) is 13.7. The van der Waals surface area contributed by atoms with Gasteiger partial charge in [-0.2, -0.15) is 11.3 Å². The number of nitrogens with two attached hydrogens (primary N) is 1. The summed E-state index contributed by atoms with van der Waals surface area (Å²) in [6, 6.07) is 5.68. The lowest BCUT2D eigenvalue weighted by Gasteiger charge is -2.13. The number of primary amides is 1. The van der Waals surface area contributed by atoms with Crippen LogP contribution in [0.2, 0.25) is 5.02 Å². The molecule has 0 fully saturated rings. The number of rotatable bonds is 8. The lowest BCUT2D eigenvalue weighted by atomic mass is 10.2. The van der Waals surface area contributed by atoms with Crippen LogP contribution in [0.15, 0.2) is 29.0 Å². The highest BCUT2D eigenvalue weighted by atomic mass is 35.5. The quantitative estimate of drug-likeness (QED) is 0.774. The van der Waals surface area contributed by atoms with Gasteiger partial charge in [-0.25, -0.2) is 0 Å². The van der Waals surface area contributed by atoms with Crippen molar-refractivity contribution in [1.29, 1.82) is 0 Å². The number of carbonyl (C=O) groups excluding carboxylic acids is 1. The van der Waals surface area contributed by atoms with Crippen molar-refractivity contribution >= 4 is 28.8 Å². The number of benzene rings is 1. The molecule has 0 bridgehead atoms. The molecule has 1 heterocycles. The fourth-order valence-corrected chi connectivity index (χ4v) is 2.86. The first kappa shape index (κ1) is 16.6. The van der Waals surface area contributed by atoms with Gasteiger partial charge in [-0.05, 0) is 40.1 Å². The van der Waals surface area contributed by atoms with Crippen LogP contribution in [-0.2, 0) is 17.9 Å². The first-order valence-corrected chi connectivity index (χ1v) is 7.91. The smallest absolute Gasteiger partial charge is 0.255 e. The molecule has 5 nitrogen and oxygen atoms in total. The fourth-order valence-electron chi connectivity index (χ4n) is 1.90. The first-order valence-electron chi connectivity index (χ1n) is 6.59. The number of amides is 1. The first-order chi connectivity index (χ1) is 10.6. The second-order valence-electron chi connectivity index (χ2n) is 4.60. The van der Waals surface area contributed by atoms with E-state index in [4.69, 9.17) is 26.8 Å². The molecule has 2 rings (SSSR count). The van der Waals surface area contributed by atoms with Gasteiger partial charge in [0, 0.05) is 13.1 Å². The zero-order valence-electron chi connectivity index (χ0n) is 12.1. The molecule has 3 N–H and O–H groups in total. The van der Waals surface area contributed by atoms with Crippen LogP contribution in [0.4, 0.5) is 0 Å². The van der Waals surface area contributed by atoms with E-state index in [1.807, 2.05) is 11.4 Å². The van der Waals surface area contributed by atoms with Crippen LogP contribution in [-0.4, -0.2) is 19.6 Å². The molecule has 22 heavy (non-hydrogen) atoms. The van der Waals surface area contributed by atoms with Crippen LogP contribution in [0, 0.1) is 0 Å². The minimum atomic E-state index is -0.570. The van der Waals surface area contributed by atoms with Gasteiger partial charge in [0.15, 0.2) is 18.1 Å². The Morgan fingerprint density at radius 2 is 2.14 bits per heavy atom. The summed E-state index contributed by atoms with van der Waals surface area (Å²) in [6.45, 7) is 1.18. The minimum Gasteiger partial charge on any atom is -0.493 e. The van der Waals surface area contributed by atoms with Crippen LogP contribution in [0.5, 0.6) is 11.5 Å². The molecule has 0 aliphatic heterocycles. The van der Waals surface area contributed by atoms with E-state index in [9.17, 15) is 4.79 Å². The molecule has 0 atom stereocenters. The van der Waals surface area contributed by atoms with Gasteiger partial charge in [-0.3, -0.25) is 4.79 Å². The molecule has 0 unspecified atom stereocenters. The van der Waals surface area contributed by atoms with E-state index in [2.05, 4.69) is 16.8 Å². The van der Waals surface area contributed by atoms with Gasteiger partial charge >= 0.3 is 0 Å². The molecule has 0 spiro atoms. The number of hydrogen-bond donors (Lipinski definition) is 2. The summed E-state index contributed by atoms with van der Waals surface area (Å²) in [6.07, 6.45) is 0. The Kier molecular flexibility index (Phi) is 6.06. The fraction of sp³-hybridized carbons (Fsp3) is 0.267. The van der Waals surface area contributed by atoms with Gasteiger partial charge in [0.2, 0.25) is 0 Å². The van der Waals surface area contributed by atoms with Crippen LogP contribution in [0.3, 0.4) is 0 Å². The monoisotopic (exact) mass is 340 g/mol. The third-order valence-corrected chi connectivity index (χ3v) is 3.90. The van der Waals surface area contributed by atoms with Crippen LogP contribution < -0.4 is 20.5 Å². The highest BCUT2D eigenvalue weighted by Gasteiger charge is 2.13. The number of hydrogen-bond acceptors (Lipinski definition) is 5. The average molecular weight is 341 g/mol. The predicted molar refractivity (Wildman–Crippen MR) is 87.6 cm³/mol. The normalized spacial score (nSPS) is 10.5. The Labute approximate surface area is 138 Å². The van der Waals surface area contributed by atoms with Gasteiger partial charge in [0.1, 0.15) is 0 Å². The Bertz CT molecular complexity index is 632. The molecule has 7 heteroatoms. The van der Waals surface area contributed by atoms with Gasteiger partial charge < -0.3 is 20.5 Å². The summed E-state index contributed by atoms with van der Waals surface area (Å²) < 4.78 is 10.6. The lowest BCUT2D eigenvalue weighted by molar-refractivity contribution is -0.119. The highest BCUT2D eigenvalue weighted by Crippen LogP contribution is 2.36. The summed E-state index contributed by atoms with van der Waals surface area (Å²) >= 11 is 7.86. The third-order valence-electron chi connectivity index (χ3n) is 2.89. The van der Waals surface area contributed by atoms with Crippen molar-refractivity contribution in [3.8, 4) is 11.5 Å². The van der Waals surface area contributed by atoms with E-state index in [0.717, 1.165) is 12.1 Å². The van der Waals surface area contributed by atoms with E-state index >= 15 is 0 Å². The van der Waals surface area contributed by atoms with Crippen molar-refractivity contribution in [3.05, 3.63) is 45.1 Å². The summed E-state index contributed by atoms with van der Waals surface area (Å²) in [4.78, 5) is 10.8. The molecule has 0 aliphatic carbocycles. The van der Waals surface area contributed by atoms with Crippen molar-refractivity contribution in [2.75, 3.05) is 13.7 Å². The topological polar surface area (TPSA) is 73.6 Å². The van der Waals surface area contributed by atoms with Gasteiger partial charge in [0.25, 0.3) is 5.91 Å². The maximum Gasteiger partial charge on any atom is 0.255 e. The second-order valence-corrected chi connectivity index (χ2v) is 5.79. The van der Waals surface area contributed by atoms with Gasteiger partial charge in [0.05, 0.1) is 12.1 Å². The van der Waals surface area contributed by atoms with Crippen LogP contribution >= 0.6 is 22.9 Å². The van der Waals surface area contributed by atoms with Crippen LogP contribution in [0.25, 0.3) is 0 Å². The highest BCUT2D eigenvalue weighted by molar-refractivity contribution is 7.07. The van der Waals surface area contributed by atoms with Crippen molar-refractivity contribution in [2.24, 2.45) is 5.73 Å². The van der Waals surface area contributed by atoms with Crippen molar-refractivity contribution in [3.63, 3.8) is 0 Å². The molecule has 0 saturated carbocycles. The number of methoxy groups -OCH3 is 1. The van der Waals surface area contributed by atoms with E-state index in [1.165, 1.54) is 12.7 Å². The molecular weight excluding hydrogens is 324 g/mol. The van der Waals surface area contributed by atoms with E-state index in [0.29, 0.717) is 23.1 Å². The number of thiophene rings is 1. The molecule has 118 valence electrons. The summed E-state index contributed by atoms with van der Waals surface area (Å²) in [5.74, 6) is 0.227. The van der Waals surface area contributed by atoms with Gasteiger partial charge in [-0.1, -0.05) is 11.6 Å². The van der Waals surface area contributed by atoms with E-state index in [-0.39, 0.29) is 6.61 Å². The van der Waals surface area contributed by atoms with E-state index in [1.54, 1.807) is 17.4 Å². The maximum absolute atomic E-state index is 10.8. The Balaban J connectivity index is 2.03. The standard InChI is InChI=1S/C15H17ClN2O3S/c1-20-13-5-11(7-18-6-10-2-3-22-9-10)4-12(16)15(13)21-8-14(17)19/h2-5,9,18H,6-8H2,1H3,(H2,17,19). The summed E-state index contributed by atoms with van der Waals surface area (Å²) in [5.41, 5.74) is 7.27. The number of carbonyl (C=O) groups is 1. The maximum atomic E-state index is 10.8. The average Bonchev–Trinajstić information content (AvgIpc) is 2.98. The lowest BCUT2D eigenvalue weighted by Crippen LogP contribution is -2.20. The van der Waals surface area contributed by atoms with Gasteiger partial charge in [-0.15, -0.1) is 0 Å². The molecule has 1 aromatic heterocycles. The predicted octanol–water partition coefficient (Wildman–Crippen LogP) is 2.56.